The Morgan fingerprint density at radius 2 is 1.85 bits per heavy atom. The largest absolute Gasteiger partial charge is 0.301 e. The lowest BCUT2D eigenvalue weighted by Gasteiger charge is -2.36. The van der Waals surface area contributed by atoms with Gasteiger partial charge in [-0.25, -0.2) is 0 Å². The molecule has 0 amide bonds. The second-order valence-electron chi connectivity index (χ2n) is 4.31. The third kappa shape index (κ3) is 3.25. The number of rotatable bonds is 3. The molecule has 0 aromatic heterocycles. The Morgan fingerprint density at radius 1 is 1.31 bits per heavy atom. The maximum Gasteiger partial charge on any atom is 0.0146 e. The van der Waals surface area contributed by atoms with E-state index in [4.69, 9.17) is 0 Å². The Kier molecular flexibility index (Phi) is 4.74. The Hall–Kier alpha value is 0.440. The van der Waals surface area contributed by atoms with Gasteiger partial charge in [0.25, 0.3) is 0 Å². The van der Waals surface area contributed by atoms with E-state index in [2.05, 4.69) is 41.6 Å². The Balaban J connectivity index is 2.30. The molecule has 1 aliphatic rings. The van der Waals surface area contributed by atoms with Crippen molar-refractivity contribution in [2.45, 2.75) is 50.9 Å². The summed E-state index contributed by atoms with van der Waals surface area (Å²) in [7, 11) is 0. The minimum Gasteiger partial charge on any atom is -0.301 e. The fourth-order valence-corrected chi connectivity index (χ4v) is 2.61. The van der Waals surface area contributed by atoms with Crippen molar-refractivity contribution in [3.63, 3.8) is 0 Å². The topological polar surface area (TPSA) is 3.24 Å². The summed E-state index contributed by atoms with van der Waals surface area (Å²) >= 11 is 3.69. The fourth-order valence-electron chi connectivity index (χ4n) is 2.08. The van der Waals surface area contributed by atoms with Crippen LogP contribution in [-0.2, 0) is 0 Å². The minimum atomic E-state index is 0.701. The monoisotopic (exact) mass is 247 g/mol. The summed E-state index contributed by atoms with van der Waals surface area (Å²) in [5, 5.41) is 0. The van der Waals surface area contributed by atoms with Crippen molar-refractivity contribution in [2.75, 3.05) is 13.1 Å². The smallest absolute Gasteiger partial charge is 0.0146 e. The molecule has 0 spiro atoms. The van der Waals surface area contributed by atoms with Crippen LogP contribution in [0.4, 0.5) is 0 Å². The van der Waals surface area contributed by atoms with Crippen LogP contribution in [0.25, 0.3) is 0 Å². The lowest BCUT2D eigenvalue weighted by molar-refractivity contribution is 0.139. The molecule has 0 aromatic carbocycles. The van der Waals surface area contributed by atoms with Crippen LogP contribution < -0.4 is 0 Å². The first kappa shape index (κ1) is 11.5. The number of alkyl halides is 1. The molecule has 2 atom stereocenters. The van der Waals surface area contributed by atoms with E-state index in [0.717, 1.165) is 12.0 Å². The van der Waals surface area contributed by atoms with Crippen molar-refractivity contribution in [3.8, 4) is 0 Å². The second-order valence-corrected chi connectivity index (χ2v) is 5.75. The predicted molar refractivity (Wildman–Crippen MR) is 62.4 cm³/mol. The van der Waals surface area contributed by atoms with Gasteiger partial charge in [0.1, 0.15) is 0 Å². The van der Waals surface area contributed by atoms with Gasteiger partial charge in [0.15, 0.2) is 0 Å². The average molecular weight is 248 g/mol. The van der Waals surface area contributed by atoms with Crippen molar-refractivity contribution in [1.29, 1.82) is 0 Å². The van der Waals surface area contributed by atoms with E-state index in [1.165, 1.54) is 32.4 Å². The molecule has 13 heavy (non-hydrogen) atoms. The van der Waals surface area contributed by atoms with Crippen LogP contribution >= 0.6 is 15.9 Å². The summed E-state index contributed by atoms with van der Waals surface area (Å²) in [4.78, 5) is 3.33. The molecule has 0 radical (unpaired) electrons. The summed E-state index contributed by atoms with van der Waals surface area (Å²) in [6, 6.07) is 0.784. The SMILES string of the molecule is CCC(C)N1CCC(C(C)Br)CC1. The first-order valence-corrected chi connectivity index (χ1v) is 6.44. The summed E-state index contributed by atoms with van der Waals surface area (Å²) in [6.45, 7) is 9.51. The molecule has 1 saturated heterocycles. The van der Waals surface area contributed by atoms with Gasteiger partial charge in [-0.2, -0.15) is 0 Å². The van der Waals surface area contributed by atoms with Gasteiger partial charge in [-0.15, -0.1) is 0 Å². The number of piperidine rings is 1. The summed E-state index contributed by atoms with van der Waals surface area (Å²) in [6.07, 6.45) is 4.03. The van der Waals surface area contributed by atoms with Crippen LogP contribution in [0.2, 0.25) is 0 Å². The molecule has 0 bridgehead atoms. The molecule has 1 rings (SSSR count). The minimum absolute atomic E-state index is 0.701. The van der Waals surface area contributed by atoms with E-state index in [1.807, 2.05) is 0 Å². The molecule has 0 aromatic rings. The lowest BCUT2D eigenvalue weighted by atomic mass is 9.93. The van der Waals surface area contributed by atoms with E-state index in [0.29, 0.717) is 4.83 Å². The first-order chi connectivity index (χ1) is 6.15. The number of nitrogens with zero attached hydrogens (tertiary/aromatic N) is 1. The fraction of sp³-hybridized carbons (Fsp3) is 1.00. The highest BCUT2D eigenvalue weighted by Gasteiger charge is 2.24. The van der Waals surface area contributed by atoms with Crippen molar-refractivity contribution >= 4 is 15.9 Å². The van der Waals surface area contributed by atoms with Gasteiger partial charge in [-0.05, 0) is 45.2 Å². The zero-order valence-corrected chi connectivity index (χ0v) is 10.7. The quantitative estimate of drug-likeness (QED) is 0.693. The van der Waals surface area contributed by atoms with Crippen LogP contribution in [0.5, 0.6) is 0 Å². The molecule has 0 N–H and O–H groups in total. The normalized spacial score (nSPS) is 25.8. The van der Waals surface area contributed by atoms with Crippen molar-refractivity contribution < 1.29 is 0 Å². The zero-order valence-electron chi connectivity index (χ0n) is 9.09. The van der Waals surface area contributed by atoms with E-state index in [1.54, 1.807) is 0 Å². The molecule has 2 heteroatoms. The van der Waals surface area contributed by atoms with Gasteiger partial charge in [0, 0.05) is 10.9 Å². The molecule has 78 valence electrons. The number of halogens is 1. The number of hydrogen-bond acceptors (Lipinski definition) is 1. The van der Waals surface area contributed by atoms with E-state index < -0.39 is 0 Å². The van der Waals surface area contributed by atoms with E-state index >= 15 is 0 Å². The lowest BCUT2D eigenvalue weighted by Crippen LogP contribution is -2.40. The second kappa shape index (κ2) is 5.35. The van der Waals surface area contributed by atoms with Crippen LogP contribution in [-0.4, -0.2) is 28.9 Å². The van der Waals surface area contributed by atoms with Crippen LogP contribution in [0.1, 0.15) is 40.0 Å². The summed E-state index contributed by atoms with van der Waals surface area (Å²) < 4.78 is 0. The van der Waals surface area contributed by atoms with Gasteiger partial charge in [0.2, 0.25) is 0 Å². The third-order valence-electron chi connectivity index (χ3n) is 3.44. The molecule has 1 aliphatic heterocycles. The standard InChI is InChI=1S/C11H22BrN/c1-4-9(2)13-7-5-11(6-8-13)10(3)12/h9-11H,4-8H2,1-3H3. The zero-order chi connectivity index (χ0) is 9.84. The number of hydrogen-bond donors (Lipinski definition) is 0. The van der Waals surface area contributed by atoms with Gasteiger partial charge in [-0.3, -0.25) is 0 Å². The third-order valence-corrected chi connectivity index (χ3v) is 4.19. The molecule has 1 heterocycles. The Bertz CT molecular complexity index is 139. The molecule has 0 saturated carbocycles. The van der Waals surface area contributed by atoms with E-state index in [9.17, 15) is 0 Å². The molecule has 0 aliphatic carbocycles. The highest BCUT2D eigenvalue weighted by atomic mass is 79.9. The van der Waals surface area contributed by atoms with Crippen LogP contribution in [0, 0.1) is 5.92 Å². The summed E-state index contributed by atoms with van der Waals surface area (Å²) in [5.74, 6) is 0.903. The van der Waals surface area contributed by atoms with Crippen LogP contribution in [0.3, 0.4) is 0 Å². The molecular formula is C11H22BrN. The van der Waals surface area contributed by atoms with Gasteiger partial charge in [0.05, 0.1) is 0 Å². The number of likely N-dealkylation sites (tertiary alicyclic amines) is 1. The van der Waals surface area contributed by atoms with Gasteiger partial charge >= 0.3 is 0 Å². The Morgan fingerprint density at radius 3 is 2.23 bits per heavy atom. The van der Waals surface area contributed by atoms with Crippen molar-refractivity contribution in [2.24, 2.45) is 5.92 Å². The Labute approximate surface area is 91.0 Å². The maximum atomic E-state index is 3.69. The van der Waals surface area contributed by atoms with E-state index in [-0.39, 0.29) is 0 Å². The average Bonchev–Trinajstić information content (AvgIpc) is 2.17. The van der Waals surface area contributed by atoms with Crippen molar-refractivity contribution in [3.05, 3.63) is 0 Å². The molecule has 1 fully saturated rings. The molecule has 2 unspecified atom stereocenters. The highest BCUT2D eigenvalue weighted by molar-refractivity contribution is 9.09. The predicted octanol–water partition coefficient (Wildman–Crippen LogP) is 3.28. The van der Waals surface area contributed by atoms with Gasteiger partial charge < -0.3 is 4.90 Å². The highest BCUT2D eigenvalue weighted by Crippen LogP contribution is 2.26. The molecule has 1 nitrogen and oxygen atoms in total. The van der Waals surface area contributed by atoms with Crippen molar-refractivity contribution in [1.82, 2.24) is 4.90 Å². The van der Waals surface area contributed by atoms with Crippen LogP contribution in [0.15, 0.2) is 0 Å². The molecular weight excluding hydrogens is 226 g/mol. The first-order valence-electron chi connectivity index (χ1n) is 5.53. The summed E-state index contributed by atoms with van der Waals surface area (Å²) in [5.41, 5.74) is 0. The maximum absolute atomic E-state index is 3.69. The van der Waals surface area contributed by atoms with Gasteiger partial charge in [-0.1, -0.05) is 29.8 Å².